The highest BCUT2D eigenvalue weighted by atomic mass is 32.2. The highest BCUT2D eigenvalue weighted by Crippen LogP contribution is 1.98. The van der Waals surface area contributed by atoms with E-state index < -0.39 is 0 Å². The summed E-state index contributed by atoms with van der Waals surface area (Å²) in [5, 5.41) is 15.0. The van der Waals surface area contributed by atoms with Crippen molar-refractivity contribution in [3.63, 3.8) is 0 Å². The molecule has 0 radical (unpaired) electrons. The van der Waals surface area contributed by atoms with E-state index in [9.17, 15) is 0 Å². The first-order chi connectivity index (χ1) is 6.41. The Balaban J connectivity index is 2.76. The van der Waals surface area contributed by atoms with Crippen molar-refractivity contribution in [2.24, 2.45) is 0 Å². The molecule has 0 aromatic rings. The van der Waals surface area contributed by atoms with Gasteiger partial charge in [0, 0.05) is 24.2 Å². The Kier molecular flexibility index (Phi) is 13.1. The van der Waals surface area contributed by atoms with Crippen LogP contribution in [0.3, 0.4) is 0 Å². The normalized spacial score (nSPS) is 10.6. The van der Waals surface area contributed by atoms with E-state index in [4.69, 9.17) is 5.11 Å². The van der Waals surface area contributed by atoms with Crippen molar-refractivity contribution in [3.8, 4) is 0 Å². The summed E-state index contributed by atoms with van der Waals surface area (Å²) < 4.78 is 0. The first kappa shape index (κ1) is 13.6. The van der Waals surface area contributed by atoms with Crippen molar-refractivity contribution in [2.45, 2.75) is 13.3 Å². The highest BCUT2D eigenvalue weighted by molar-refractivity contribution is 7.99. The lowest BCUT2D eigenvalue weighted by Gasteiger charge is -2.05. The van der Waals surface area contributed by atoms with Crippen LogP contribution in [-0.4, -0.2) is 41.6 Å². The fourth-order valence-electron chi connectivity index (χ4n) is 0.688. The average Bonchev–Trinajstić information content (AvgIpc) is 2.16. The van der Waals surface area contributed by atoms with E-state index in [-0.39, 0.29) is 6.61 Å². The summed E-state index contributed by atoms with van der Waals surface area (Å²) in [7, 11) is 0. The summed E-state index contributed by atoms with van der Waals surface area (Å²) in [5.41, 5.74) is 0. The van der Waals surface area contributed by atoms with Crippen molar-refractivity contribution < 1.29 is 5.11 Å². The minimum atomic E-state index is 0.270. The SMILES string of the molecule is CCCSCNCNCSCCO. The maximum absolute atomic E-state index is 8.50. The van der Waals surface area contributed by atoms with E-state index in [0.29, 0.717) is 0 Å². The predicted octanol–water partition coefficient (Wildman–Crippen LogP) is 0.907. The van der Waals surface area contributed by atoms with Crippen LogP contribution in [0.4, 0.5) is 0 Å². The summed E-state index contributed by atoms with van der Waals surface area (Å²) in [5.74, 6) is 3.97. The van der Waals surface area contributed by atoms with Crippen molar-refractivity contribution in [1.82, 2.24) is 10.6 Å². The molecule has 0 spiro atoms. The minimum absolute atomic E-state index is 0.270. The molecule has 0 saturated heterocycles. The molecule has 0 atom stereocenters. The molecular formula is C8H20N2OS2. The zero-order valence-electron chi connectivity index (χ0n) is 8.21. The first-order valence-corrected chi connectivity index (χ1v) is 6.90. The largest absolute Gasteiger partial charge is 0.396 e. The molecule has 0 bridgehead atoms. The standard InChI is InChI=1S/C8H20N2OS2/c1-2-4-12-7-9-6-10-8-13-5-3-11/h9-11H,2-8H2,1H3. The van der Waals surface area contributed by atoms with Crippen LogP contribution in [0.25, 0.3) is 0 Å². The number of nitrogens with one attached hydrogen (secondary N) is 2. The number of hydrogen-bond donors (Lipinski definition) is 3. The number of hydrogen-bond acceptors (Lipinski definition) is 5. The van der Waals surface area contributed by atoms with Gasteiger partial charge in [0.2, 0.25) is 0 Å². The summed E-state index contributed by atoms with van der Waals surface area (Å²) in [6, 6.07) is 0. The van der Waals surface area contributed by atoms with E-state index >= 15 is 0 Å². The zero-order chi connectivity index (χ0) is 9.78. The Morgan fingerprint density at radius 1 is 1.08 bits per heavy atom. The van der Waals surface area contributed by atoms with E-state index in [1.807, 2.05) is 11.8 Å². The quantitative estimate of drug-likeness (QED) is 0.380. The van der Waals surface area contributed by atoms with E-state index in [2.05, 4.69) is 17.6 Å². The van der Waals surface area contributed by atoms with Gasteiger partial charge in [-0.25, -0.2) is 0 Å². The summed E-state index contributed by atoms with van der Waals surface area (Å²) in [6.07, 6.45) is 1.24. The van der Waals surface area contributed by atoms with E-state index in [1.165, 1.54) is 12.2 Å². The fourth-order valence-corrected chi connectivity index (χ4v) is 1.89. The molecule has 80 valence electrons. The molecule has 3 nitrogen and oxygen atoms in total. The fraction of sp³-hybridized carbons (Fsp3) is 1.00. The van der Waals surface area contributed by atoms with Crippen LogP contribution in [-0.2, 0) is 0 Å². The van der Waals surface area contributed by atoms with Crippen LogP contribution in [0.15, 0.2) is 0 Å². The molecule has 0 aromatic carbocycles. The molecule has 0 aliphatic carbocycles. The molecule has 3 N–H and O–H groups in total. The van der Waals surface area contributed by atoms with Gasteiger partial charge in [0.25, 0.3) is 0 Å². The first-order valence-electron chi connectivity index (χ1n) is 4.59. The molecule has 0 amide bonds. The maximum Gasteiger partial charge on any atom is 0.0522 e. The van der Waals surface area contributed by atoms with Gasteiger partial charge in [-0.3, -0.25) is 10.6 Å². The molecular weight excluding hydrogens is 204 g/mol. The van der Waals surface area contributed by atoms with Gasteiger partial charge in [-0.1, -0.05) is 6.92 Å². The second-order valence-electron chi connectivity index (χ2n) is 2.51. The summed E-state index contributed by atoms with van der Waals surface area (Å²) in [6.45, 7) is 3.32. The Labute approximate surface area is 89.4 Å². The number of aliphatic hydroxyl groups excluding tert-OH is 1. The number of rotatable bonds is 10. The molecule has 0 fully saturated rings. The van der Waals surface area contributed by atoms with Crippen LogP contribution in [0, 0.1) is 0 Å². The summed E-state index contributed by atoms with van der Waals surface area (Å²) >= 11 is 3.64. The Morgan fingerprint density at radius 2 is 1.69 bits per heavy atom. The number of thioether (sulfide) groups is 2. The monoisotopic (exact) mass is 224 g/mol. The summed E-state index contributed by atoms with van der Waals surface area (Å²) in [4.78, 5) is 0. The van der Waals surface area contributed by atoms with Gasteiger partial charge in [0.05, 0.1) is 6.61 Å². The molecule has 0 heterocycles. The predicted molar refractivity (Wildman–Crippen MR) is 63.2 cm³/mol. The van der Waals surface area contributed by atoms with Gasteiger partial charge >= 0.3 is 0 Å². The van der Waals surface area contributed by atoms with Crippen molar-refractivity contribution in [3.05, 3.63) is 0 Å². The van der Waals surface area contributed by atoms with E-state index in [1.54, 1.807) is 11.8 Å². The minimum Gasteiger partial charge on any atom is -0.396 e. The van der Waals surface area contributed by atoms with Crippen LogP contribution < -0.4 is 10.6 Å². The topological polar surface area (TPSA) is 44.3 Å². The third-order valence-corrected chi connectivity index (χ3v) is 3.23. The van der Waals surface area contributed by atoms with Crippen molar-refractivity contribution in [2.75, 3.05) is 36.5 Å². The maximum atomic E-state index is 8.50. The van der Waals surface area contributed by atoms with Gasteiger partial charge in [0.1, 0.15) is 0 Å². The molecule has 0 aliphatic heterocycles. The second-order valence-corrected chi connectivity index (χ2v) is 4.72. The lowest BCUT2D eigenvalue weighted by Crippen LogP contribution is -2.28. The van der Waals surface area contributed by atoms with Gasteiger partial charge in [0.15, 0.2) is 0 Å². The molecule has 0 saturated carbocycles. The van der Waals surface area contributed by atoms with Crippen LogP contribution >= 0.6 is 23.5 Å². The molecule has 13 heavy (non-hydrogen) atoms. The smallest absolute Gasteiger partial charge is 0.0522 e. The molecule has 0 rings (SSSR count). The average molecular weight is 224 g/mol. The van der Waals surface area contributed by atoms with Crippen LogP contribution in [0.5, 0.6) is 0 Å². The molecule has 0 aromatic heterocycles. The third-order valence-electron chi connectivity index (χ3n) is 1.24. The Morgan fingerprint density at radius 3 is 2.23 bits per heavy atom. The zero-order valence-corrected chi connectivity index (χ0v) is 9.85. The van der Waals surface area contributed by atoms with Gasteiger partial charge in [-0.2, -0.15) is 0 Å². The Hall–Kier alpha value is 0.580. The van der Waals surface area contributed by atoms with E-state index in [0.717, 1.165) is 24.2 Å². The molecule has 0 unspecified atom stereocenters. The molecule has 5 heteroatoms. The molecule has 0 aliphatic rings. The number of aliphatic hydroxyl groups is 1. The van der Waals surface area contributed by atoms with Crippen LogP contribution in [0.1, 0.15) is 13.3 Å². The van der Waals surface area contributed by atoms with Crippen LogP contribution in [0.2, 0.25) is 0 Å². The second kappa shape index (κ2) is 12.6. The van der Waals surface area contributed by atoms with Crippen molar-refractivity contribution in [1.29, 1.82) is 0 Å². The lowest BCUT2D eigenvalue weighted by molar-refractivity contribution is 0.322. The Bertz CT molecular complexity index is 86.2. The van der Waals surface area contributed by atoms with Gasteiger partial charge in [-0.15, -0.1) is 23.5 Å². The van der Waals surface area contributed by atoms with Crippen molar-refractivity contribution >= 4 is 23.5 Å². The highest BCUT2D eigenvalue weighted by Gasteiger charge is 1.88. The lowest BCUT2D eigenvalue weighted by atomic mass is 10.6. The van der Waals surface area contributed by atoms with Gasteiger partial charge < -0.3 is 5.11 Å². The third kappa shape index (κ3) is 12.6. The van der Waals surface area contributed by atoms with Gasteiger partial charge in [-0.05, 0) is 12.2 Å².